The van der Waals surface area contributed by atoms with Crippen LogP contribution in [0.2, 0.25) is 0 Å². The van der Waals surface area contributed by atoms with Gasteiger partial charge in [0.15, 0.2) is 0 Å². The van der Waals surface area contributed by atoms with Crippen LogP contribution < -0.4 is 37.2 Å². The quantitative estimate of drug-likeness (QED) is 0.0108. The highest BCUT2D eigenvalue weighted by Gasteiger charge is 2.34. The number of benzene rings is 1. The number of hydrogen-bond acceptors (Lipinski definition) is 16. The topological polar surface area (TPSA) is 318 Å². The lowest BCUT2D eigenvalue weighted by atomic mass is 10.0. The van der Waals surface area contributed by atoms with Gasteiger partial charge < -0.3 is 60.9 Å². The van der Waals surface area contributed by atoms with E-state index in [4.69, 9.17) is 23.7 Å². The maximum Gasteiger partial charge on any atom is 0.407 e. The molecule has 0 saturated heterocycles. The van der Waals surface area contributed by atoms with Crippen molar-refractivity contribution in [2.45, 2.75) is 278 Å². The lowest BCUT2D eigenvalue weighted by Crippen LogP contribution is -2.53. The number of Topliss-reactive ketones (excluding diaryl/α,β-unsaturated/α-hetero) is 1. The molecule has 0 aromatic heterocycles. The maximum atomic E-state index is 14.0. The van der Waals surface area contributed by atoms with E-state index < -0.39 is 106 Å². The lowest BCUT2D eigenvalue weighted by Gasteiger charge is -2.27. The third kappa shape index (κ3) is 41.7. The number of esters is 4. The van der Waals surface area contributed by atoms with Gasteiger partial charge in [-0.25, -0.2) is 24.0 Å². The monoisotopic (exact) mass is 1340 g/mol. The van der Waals surface area contributed by atoms with Gasteiger partial charge in [0.05, 0.1) is 6.04 Å². The van der Waals surface area contributed by atoms with Crippen molar-refractivity contribution in [3.8, 4) is 0 Å². The Labute approximate surface area is 530 Å². The summed E-state index contributed by atoms with van der Waals surface area (Å²) in [4.78, 5) is 144. The fraction of sp³-hybridized carbons (Fsp3) is 0.730. The van der Waals surface area contributed by atoms with E-state index in [-0.39, 0.29) is 63.3 Å². The van der Waals surface area contributed by atoms with E-state index >= 15 is 0 Å². The van der Waals surface area contributed by atoms with Crippen LogP contribution in [0.1, 0.15) is 225 Å². The molecule has 23 nitrogen and oxygen atoms in total. The van der Waals surface area contributed by atoms with Crippen LogP contribution in [0.25, 0.3) is 0 Å². The second kappa shape index (κ2) is 39.0. The first-order valence-corrected chi connectivity index (χ1v) is 31.6. The summed E-state index contributed by atoms with van der Waals surface area (Å²) in [5, 5.41) is 18.9. The molecule has 7 amide bonds. The molecule has 1 aromatic rings. The van der Waals surface area contributed by atoms with Gasteiger partial charge in [0.25, 0.3) is 5.78 Å². The van der Waals surface area contributed by atoms with Crippen molar-refractivity contribution >= 4 is 88.0 Å². The second-order valence-corrected chi connectivity index (χ2v) is 27.9. The molecule has 0 bridgehead atoms. The molecule has 0 aliphatic rings. The van der Waals surface area contributed by atoms with Gasteiger partial charge in [-0.05, 0) is 221 Å². The molecule has 0 radical (unpaired) electrons. The highest BCUT2D eigenvalue weighted by Crippen LogP contribution is 2.18. The van der Waals surface area contributed by atoms with Crippen LogP contribution in [-0.4, -0.2) is 137 Å². The first kappa shape index (κ1) is 78.9. The zero-order chi connectivity index (χ0) is 66.2. The van der Waals surface area contributed by atoms with Crippen LogP contribution in [0.15, 0.2) is 24.3 Å². The Balaban J connectivity index is 2.91. The number of amides is 7. The number of halogens is 1. The number of ketones is 1. The summed E-state index contributed by atoms with van der Waals surface area (Å²) >= 11 is 2.24. The fourth-order valence-electron chi connectivity index (χ4n) is 8.21. The Bertz CT molecular complexity index is 2380. The Morgan fingerprint density at radius 3 is 1.36 bits per heavy atom. The summed E-state index contributed by atoms with van der Waals surface area (Å²) in [7, 11) is 0. The van der Waals surface area contributed by atoms with Crippen molar-refractivity contribution in [2.24, 2.45) is 0 Å². The van der Waals surface area contributed by atoms with E-state index in [1.807, 2.05) is 24.3 Å². The third-order valence-electron chi connectivity index (χ3n) is 12.1. The number of unbranched alkanes of at least 4 members (excludes halogenated alkanes) is 6. The first-order valence-electron chi connectivity index (χ1n) is 30.6. The van der Waals surface area contributed by atoms with Crippen LogP contribution in [0.4, 0.5) is 9.59 Å². The molecular weight excluding hydrogens is 1240 g/mol. The minimum Gasteiger partial charge on any atom is -0.460 e. The van der Waals surface area contributed by atoms with Crippen LogP contribution in [0.5, 0.6) is 0 Å². The summed E-state index contributed by atoms with van der Waals surface area (Å²) in [6.45, 7) is 26.0. The van der Waals surface area contributed by atoms with E-state index in [2.05, 4.69) is 59.8 Å². The predicted molar refractivity (Wildman–Crippen MR) is 338 cm³/mol. The molecular formula is C63H104IN7O16. The molecule has 0 heterocycles. The zero-order valence-corrected chi connectivity index (χ0v) is 56.7. The van der Waals surface area contributed by atoms with E-state index in [1.54, 1.807) is 104 Å². The maximum absolute atomic E-state index is 14.0. The molecule has 24 heteroatoms. The average molecular weight is 1340 g/mol. The molecule has 0 spiro atoms. The number of rotatable bonds is 37. The van der Waals surface area contributed by atoms with Crippen molar-refractivity contribution in [1.82, 2.24) is 37.2 Å². The SMILES string of the molecule is CC(C)(C)OC(=O)CCC(NC(=O)NC(CCC(=O)NCCCCCCCC(=O)NC(CCCCNC(=O)OC(C)(C)C)C(=O)N[C@@H](CCCCNC(=O)CCCc1ccc(I)cc1)C(=O)C(=O)OC(C)(C)C)C(=O)OC(C)(C)C)C(=O)OC(C)(C)C. The number of carbonyl (C=O) groups is 11. The van der Waals surface area contributed by atoms with Crippen molar-refractivity contribution in [2.75, 3.05) is 19.6 Å². The summed E-state index contributed by atoms with van der Waals surface area (Å²) < 4.78 is 28.2. The highest BCUT2D eigenvalue weighted by atomic mass is 127. The van der Waals surface area contributed by atoms with E-state index in [0.29, 0.717) is 83.7 Å². The summed E-state index contributed by atoms with van der Waals surface area (Å²) in [5.41, 5.74) is -3.15. The Morgan fingerprint density at radius 2 is 0.839 bits per heavy atom. The third-order valence-corrected chi connectivity index (χ3v) is 12.8. The van der Waals surface area contributed by atoms with Crippen LogP contribution in [-0.2, 0) is 73.3 Å². The summed E-state index contributed by atoms with van der Waals surface area (Å²) in [5.74, 6) is -5.82. The summed E-state index contributed by atoms with van der Waals surface area (Å²) in [6.07, 6.45) is 5.59. The van der Waals surface area contributed by atoms with Gasteiger partial charge >= 0.3 is 36.0 Å². The van der Waals surface area contributed by atoms with Gasteiger partial charge in [0, 0.05) is 48.9 Å². The Kier molecular flexibility index (Phi) is 35.4. The van der Waals surface area contributed by atoms with Gasteiger partial charge in [-0.1, -0.05) is 31.4 Å². The molecule has 7 N–H and O–H groups in total. The molecule has 0 saturated carbocycles. The number of alkyl carbamates (subject to hydrolysis) is 1. The Morgan fingerprint density at radius 1 is 0.402 bits per heavy atom. The fourth-order valence-corrected chi connectivity index (χ4v) is 8.57. The normalized spacial score (nSPS) is 13.2. The molecule has 1 aromatic carbocycles. The van der Waals surface area contributed by atoms with Crippen molar-refractivity contribution < 1.29 is 76.4 Å². The number of nitrogens with one attached hydrogen (secondary N) is 7. The number of ether oxygens (including phenoxy) is 5. The van der Waals surface area contributed by atoms with Gasteiger partial charge in [-0.3, -0.25) is 28.8 Å². The molecule has 494 valence electrons. The predicted octanol–water partition coefficient (Wildman–Crippen LogP) is 8.55. The van der Waals surface area contributed by atoms with Crippen LogP contribution in [0, 0.1) is 3.57 Å². The number of hydrogen-bond donors (Lipinski definition) is 7. The minimum absolute atomic E-state index is 0.0604. The average Bonchev–Trinajstić information content (AvgIpc) is 3.43. The van der Waals surface area contributed by atoms with E-state index in [0.717, 1.165) is 15.6 Å². The smallest absolute Gasteiger partial charge is 0.407 e. The molecule has 87 heavy (non-hydrogen) atoms. The van der Waals surface area contributed by atoms with Gasteiger partial charge in [-0.15, -0.1) is 0 Å². The van der Waals surface area contributed by atoms with E-state index in [9.17, 15) is 52.7 Å². The van der Waals surface area contributed by atoms with Crippen LogP contribution >= 0.6 is 22.6 Å². The second-order valence-electron chi connectivity index (χ2n) is 26.6. The number of urea groups is 1. The largest absolute Gasteiger partial charge is 0.460 e. The molecule has 3 unspecified atom stereocenters. The zero-order valence-electron chi connectivity index (χ0n) is 54.6. The Hall–Kier alpha value is -6.08. The molecule has 0 fully saturated rings. The molecule has 0 aliphatic heterocycles. The van der Waals surface area contributed by atoms with Crippen LogP contribution in [0.3, 0.4) is 0 Å². The summed E-state index contributed by atoms with van der Waals surface area (Å²) in [6, 6.07) is 2.26. The first-order chi connectivity index (χ1) is 40.2. The molecule has 0 aliphatic carbocycles. The lowest BCUT2D eigenvalue weighted by molar-refractivity contribution is -0.163. The molecule has 4 atom stereocenters. The van der Waals surface area contributed by atoms with Crippen molar-refractivity contribution in [3.63, 3.8) is 0 Å². The van der Waals surface area contributed by atoms with E-state index in [1.165, 1.54) is 0 Å². The van der Waals surface area contributed by atoms with Gasteiger partial charge in [-0.2, -0.15) is 0 Å². The highest BCUT2D eigenvalue weighted by molar-refractivity contribution is 14.1. The van der Waals surface area contributed by atoms with Crippen molar-refractivity contribution in [1.29, 1.82) is 0 Å². The van der Waals surface area contributed by atoms with Crippen molar-refractivity contribution in [3.05, 3.63) is 33.4 Å². The number of aryl methyl sites for hydroxylation is 1. The minimum atomic E-state index is -1.28. The van der Waals surface area contributed by atoms with Gasteiger partial charge in [0.2, 0.25) is 23.6 Å². The van der Waals surface area contributed by atoms with Gasteiger partial charge in [0.1, 0.15) is 46.1 Å². The number of carbonyl (C=O) groups excluding carboxylic acids is 11. The molecule has 1 rings (SSSR count). The standard InChI is InChI=1S/C63H104IN7O16/c1-59(2,3)83-51(75)38-36-47(55(79)85-61(7,8)9)71-57(81)70-46(54(78)84-60(4,5)6)35-37-49(73)66-39-22-18-16-17-19-29-50(74)68-45(28-21-24-41-67-58(82)87-63(13,14)15)53(77)69-44(52(76)56(80)86-62(10,11)12)27-20-23-40-65-48(72)30-25-26-42-31-33-43(64)34-32-42/h31-34,44-47H,16-30,35-41H2,1-15H3,(H,65,72)(H,66,73)(H,67,82)(H,68,74)(H,69,77)(H2,70,71,81)/t44-,45?,46?,47?/m0/s1.